The molecule has 0 spiro atoms. The fraction of sp³-hybridized carbons (Fsp3) is 0.136. The third-order valence-electron chi connectivity index (χ3n) is 5.45. The van der Waals surface area contributed by atoms with E-state index in [2.05, 4.69) is 11.1 Å². The van der Waals surface area contributed by atoms with Gasteiger partial charge in [-0.3, -0.25) is 14.9 Å². The highest BCUT2D eigenvalue weighted by Crippen LogP contribution is 2.39. The summed E-state index contributed by atoms with van der Waals surface area (Å²) in [6.07, 6.45) is 0.764. The van der Waals surface area contributed by atoms with E-state index in [9.17, 15) is 14.9 Å². The number of thiophene rings is 1. The molecule has 144 valence electrons. The minimum Gasteiger partial charge on any atom is -0.356 e. The molecule has 0 aliphatic carbocycles. The van der Waals surface area contributed by atoms with Crippen LogP contribution in [-0.4, -0.2) is 27.3 Å². The highest BCUT2D eigenvalue weighted by molar-refractivity contribution is 7.12. The molecule has 29 heavy (non-hydrogen) atoms. The van der Waals surface area contributed by atoms with Gasteiger partial charge in [-0.1, -0.05) is 24.3 Å². The van der Waals surface area contributed by atoms with Gasteiger partial charge in [0.05, 0.1) is 15.8 Å². The van der Waals surface area contributed by atoms with Crippen LogP contribution in [0.1, 0.15) is 32.5 Å². The number of carbonyl (C=O) groups excluding carboxylic acids is 1. The standard InChI is InChI=1S/C22H17N3O3S/c26-22(19-6-3-13-29-19)24-12-11-17-16-4-1-2-5-18(16)23-20(17)21(24)14-7-9-15(10-8-14)25(27)28/h1-10,13,21,23H,11-12H2. The average Bonchev–Trinajstić information content (AvgIpc) is 3.40. The molecule has 0 saturated carbocycles. The first-order valence-electron chi connectivity index (χ1n) is 9.32. The summed E-state index contributed by atoms with van der Waals surface area (Å²) in [5.41, 5.74) is 4.12. The predicted octanol–water partition coefficient (Wildman–Crippen LogP) is 4.93. The van der Waals surface area contributed by atoms with Crippen LogP contribution in [0.4, 0.5) is 5.69 Å². The molecule has 1 N–H and O–H groups in total. The molecule has 7 heteroatoms. The van der Waals surface area contributed by atoms with Gasteiger partial charge in [-0.05, 0) is 47.2 Å². The number of carbonyl (C=O) groups is 1. The van der Waals surface area contributed by atoms with Crippen LogP contribution in [0.3, 0.4) is 0 Å². The van der Waals surface area contributed by atoms with Crippen molar-refractivity contribution >= 4 is 33.8 Å². The van der Waals surface area contributed by atoms with E-state index in [4.69, 9.17) is 0 Å². The van der Waals surface area contributed by atoms with E-state index in [1.165, 1.54) is 29.0 Å². The number of aromatic nitrogens is 1. The number of fused-ring (bicyclic) bond motifs is 3. The molecular formula is C22H17N3O3S. The number of nitro groups is 1. The van der Waals surface area contributed by atoms with Crippen molar-refractivity contribution in [1.82, 2.24) is 9.88 Å². The van der Waals surface area contributed by atoms with Gasteiger partial charge in [0.25, 0.3) is 11.6 Å². The number of hydrogen-bond donors (Lipinski definition) is 1. The number of hydrogen-bond acceptors (Lipinski definition) is 4. The quantitative estimate of drug-likeness (QED) is 0.389. The Balaban J connectivity index is 1.66. The molecular weight excluding hydrogens is 386 g/mol. The van der Waals surface area contributed by atoms with Gasteiger partial charge < -0.3 is 9.88 Å². The number of nitro benzene ring substituents is 1. The zero-order chi connectivity index (χ0) is 20.0. The third kappa shape index (κ3) is 2.91. The molecule has 2 aromatic carbocycles. The molecule has 0 bridgehead atoms. The van der Waals surface area contributed by atoms with Crippen molar-refractivity contribution in [1.29, 1.82) is 0 Å². The number of non-ortho nitro benzene ring substituents is 1. The molecule has 1 aliphatic heterocycles. The van der Waals surface area contributed by atoms with Crippen LogP contribution < -0.4 is 0 Å². The zero-order valence-electron chi connectivity index (χ0n) is 15.4. The molecule has 4 aromatic rings. The maximum Gasteiger partial charge on any atom is 0.269 e. The molecule has 1 unspecified atom stereocenters. The van der Waals surface area contributed by atoms with Crippen molar-refractivity contribution in [3.63, 3.8) is 0 Å². The lowest BCUT2D eigenvalue weighted by Gasteiger charge is -2.36. The smallest absolute Gasteiger partial charge is 0.269 e. The van der Waals surface area contributed by atoms with Crippen LogP contribution in [0.25, 0.3) is 10.9 Å². The number of nitrogens with zero attached hydrogens (tertiary/aromatic N) is 2. The number of H-pyrrole nitrogens is 1. The van der Waals surface area contributed by atoms with Crippen molar-refractivity contribution in [2.75, 3.05) is 6.54 Å². The SMILES string of the molecule is O=C(c1cccs1)N1CCc2c([nH]c3ccccc23)C1c1ccc([N+](=O)[O-])cc1. The largest absolute Gasteiger partial charge is 0.356 e. The summed E-state index contributed by atoms with van der Waals surface area (Å²) in [5.74, 6) is -0.0207. The Kier molecular flexibility index (Phi) is 4.17. The number of amides is 1. The molecule has 1 atom stereocenters. The van der Waals surface area contributed by atoms with Gasteiger partial charge in [-0.15, -0.1) is 11.3 Å². The van der Waals surface area contributed by atoms with E-state index in [1.807, 2.05) is 40.6 Å². The molecule has 5 rings (SSSR count). The molecule has 0 radical (unpaired) electrons. The molecule has 3 heterocycles. The first-order valence-corrected chi connectivity index (χ1v) is 10.2. The number of rotatable bonds is 3. The van der Waals surface area contributed by atoms with Crippen LogP contribution in [0.2, 0.25) is 0 Å². The van der Waals surface area contributed by atoms with E-state index in [0.29, 0.717) is 11.4 Å². The average molecular weight is 403 g/mol. The van der Waals surface area contributed by atoms with Crippen LogP contribution in [0, 0.1) is 10.1 Å². The van der Waals surface area contributed by atoms with E-state index in [1.54, 1.807) is 12.1 Å². The lowest BCUT2D eigenvalue weighted by atomic mass is 9.92. The van der Waals surface area contributed by atoms with E-state index < -0.39 is 4.92 Å². The highest BCUT2D eigenvalue weighted by atomic mass is 32.1. The van der Waals surface area contributed by atoms with E-state index in [0.717, 1.165) is 28.6 Å². The van der Waals surface area contributed by atoms with Gasteiger partial charge in [0.1, 0.15) is 0 Å². The zero-order valence-corrected chi connectivity index (χ0v) is 16.2. The Morgan fingerprint density at radius 3 is 2.62 bits per heavy atom. The molecule has 1 amide bonds. The van der Waals surface area contributed by atoms with Gasteiger partial charge in [0, 0.05) is 35.3 Å². The Morgan fingerprint density at radius 2 is 1.90 bits per heavy atom. The Hall–Kier alpha value is -3.45. The summed E-state index contributed by atoms with van der Waals surface area (Å²) in [6, 6.07) is 18.0. The van der Waals surface area contributed by atoms with E-state index >= 15 is 0 Å². The lowest BCUT2D eigenvalue weighted by Crippen LogP contribution is -2.40. The molecule has 1 aliphatic rings. The fourth-order valence-electron chi connectivity index (χ4n) is 4.13. The monoisotopic (exact) mass is 403 g/mol. The Morgan fingerprint density at radius 1 is 1.10 bits per heavy atom. The van der Waals surface area contributed by atoms with Gasteiger partial charge in [0.15, 0.2) is 0 Å². The topological polar surface area (TPSA) is 79.2 Å². The summed E-state index contributed by atoms with van der Waals surface area (Å²) in [7, 11) is 0. The van der Waals surface area contributed by atoms with Gasteiger partial charge >= 0.3 is 0 Å². The summed E-state index contributed by atoms with van der Waals surface area (Å²) in [5, 5.41) is 14.1. The lowest BCUT2D eigenvalue weighted by molar-refractivity contribution is -0.384. The van der Waals surface area contributed by atoms with Crippen molar-refractivity contribution in [2.45, 2.75) is 12.5 Å². The summed E-state index contributed by atoms with van der Waals surface area (Å²) in [4.78, 5) is 30.0. The maximum atomic E-state index is 13.3. The van der Waals surface area contributed by atoms with Gasteiger partial charge in [-0.2, -0.15) is 0 Å². The second-order valence-electron chi connectivity index (χ2n) is 7.04. The molecule has 6 nitrogen and oxygen atoms in total. The minimum atomic E-state index is -0.409. The third-order valence-corrected chi connectivity index (χ3v) is 6.30. The van der Waals surface area contributed by atoms with Crippen LogP contribution in [0.15, 0.2) is 66.0 Å². The number of benzene rings is 2. The fourth-order valence-corrected chi connectivity index (χ4v) is 4.81. The highest BCUT2D eigenvalue weighted by Gasteiger charge is 2.35. The van der Waals surface area contributed by atoms with Gasteiger partial charge in [0.2, 0.25) is 0 Å². The first-order chi connectivity index (χ1) is 14.1. The van der Waals surface area contributed by atoms with E-state index in [-0.39, 0.29) is 17.6 Å². The van der Waals surface area contributed by atoms with Gasteiger partial charge in [-0.25, -0.2) is 0 Å². The van der Waals surface area contributed by atoms with Crippen LogP contribution >= 0.6 is 11.3 Å². The minimum absolute atomic E-state index is 0.0207. The molecule has 0 saturated heterocycles. The number of aromatic amines is 1. The predicted molar refractivity (Wildman–Crippen MR) is 112 cm³/mol. The number of nitrogens with one attached hydrogen (secondary N) is 1. The van der Waals surface area contributed by atoms with Crippen molar-refractivity contribution in [2.24, 2.45) is 0 Å². The summed E-state index contributed by atoms with van der Waals surface area (Å²) >= 11 is 1.42. The molecule has 0 fully saturated rings. The van der Waals surface area contributed by atoms with Crippen LogP contribution in [0.5, 0.6) is 0 Å². The second kappa shape index (κ2) is 6.86. The van der Waals surface area contributed by atoms with Crippen molar-refractivity contribution in [3.8, 4) is 0 Å². The second-order valence-corrected chi connectivity index (χ2v) is 7.99. The first kappa shape index (κ1) is 17.6. The summed E-state index contributed by atoms with van der Waals surface area (Å²) in [6.45, 7) is 0.591. The van der Waals surface area contributed by atoms with Crippen molar-refractivity contribution in [3.05, 3.63) is 97.9 Å². The van der Waals surface area contributed by atoms with Crippen LogP contribution in [-0.2, 0) is 6.42 Å². The Bertz CT molecular complexity index is 1210. The maximum absolute atomic E-state index is 13.3. The summed E-state index contributed by atoms with van der Waals surface area (Å²) < 4.78 is 0. The van der Waals surface area contributed by atoms with Crippen molar-refractivity contribution < 1.29 is 9.72 Å². The Labute approximate surface area is 170 Å². The number of para-hydroxylation sites is 1. The molecule has 2 aromatic heterocycles. The normalized spacial score (nSPS) is 16.0.